The van der Waals surface area contributed by atoms with Gasteiger partial charge in [-0.1, -0.05) is 12.1 Å². The van der Waals surface area contributed by atoms with E-state index in [2.05, 4.69) is 39.2 Å². The van der Waals surface area contributed by atoms with Gasteiger partial charge in [0.1, 0.15) is 0 Å². The van der Waals surface area contributed by atoms with Crippen LogP contribution in [0.4, 0.5) is 19.0 Å². The number of piperazine rings is 1. The number of benzene rings is 1. The maximum atomic E-state index is 13.8. The van der Waals surface area contributed by atoms with Crippen molar-refractivity contribution in [2.75, 3.05) is 44.3 Å². The van der Waals surface area contributed by atoms with E-state index >= 15 is 0 Å². The summed E-state index contributed by atoms with van der Waals surface area (Å²) in [6.45, 7) is 10.7. The average Bonchev–Trinajstić information content (AvgIpc) is 3.57. The van der Waals surface area contributed by atoms with E-state index in [-0.39, 0.29) is 12.0 Å². The zero-order valence-electron chi connectivity index (χ0n) is 23.5. The molecule has 1 aromatic carbocycles. The number of anilines is 1. The Hall–Kier alpha value is -3.48. The maximum Gasteiger partial charge on any atom is 0.416 e. The van der Waals surface area contributed by atoms with Gasteiger partial charge in [0.2, 0.25) is 0 Å². The first kappa shape index (κ1) is 27.7. The summed E-state index contributed by atoms with van der Waals surface area (Å²) in [6.07, 6.45) is -2.46. The van der Waals surface area contributed by atoms with Crippen LogP contribution in [0.5, 0.6) is 0 Å². The third-order valence-corrected chi connectivity index (χ3v) is 7.99. The highest BCUT2D eigenvalue weighted by molar-refractivity contribution is 5.77. The molecule has 0 spiro atoms. The van der Waals surface area contributed by atoms with E-state index in [4.69, 9.17) is 14.8 Å². The monoisotopic (exact) mass is 568 g/mol. The Labute approximate surface area is 236 Å². The summed E-state index contributed by atoms with van der Waals surface area (Å²) in [5, 5.41) is 15.8. The third-order valence-electron chi connectivity index (χ3n) is 7.99. The number of hydrogen-bond donors (Lipinski definition) is 2. The van der Waals surface area contributed by atoms with E-state index < -0.39 is 11.7 Å². The van der Waals surface area contributed by atoms with Crippen molar-refractivity contribution in [3.05, 3.63) is 64.6 Å². The first-order valence-corrected chi connectivity index (χ1v) is 14.1. The van der Waals surface area contributed by atoms with E-state index in [1.54, 1.807) is 19.2 Å². The number of halogens is 3. The van der Waals surface area contributed by atoms with Crippen LogP contribution in [0.3, 0.4) is 0 Å². The summed E-state index contributed by atoms with van der Waals surface area (Å²) in [7, 11) is 0. The van der Waals surface area contributed by atoms with Crippen molar-refractivity contribution in [2.24, 2.45) is 0 Å². The van der Waals surface area contributed by atoms with Crippen molar-refractivity contribution in [1.29, 1.82) is 0 Å². The van der Waals surface area contributed by atoms with Crippen LogP contribution in [-0.4, -0.2) is 81.2 Å². The molecule has 2 atom stereocenters. The number of alkyl halides is 3. The third kappa shape index (κ3) is 5.68. The summed E-state index contributed by atoms with van der Waals surface area (Å²) in [5.41, 5.74) is 4.11. The van der Waals surface area contributed by atoms with Crippen molar-refractivity contribution in [2.45, 2.75) is 52.0 Å². The van der Waals surface area contributed by atoms with E-state index in [1.807, 2.05) is 16.6 Å². The molecule has 2 fully saturated rings. The van der Waals surface area contributed by atoms with Gasteiger partial charge in [0, 0.05) is 63.0 Å². The van der Waals surface area contributed by atoms with Crippen molar-refractivity contribution in [3.8, 4) is 11.3 Å². The van der Waals surface area contributed by atoms with Crippen LogP contribution in [-0.2, 0) is 23.9 Å². The van der Waals surface area contributed by atoms with Crippen LogP contribution in [0, 0.1) is 6.92 Å². The summed E-state index contributed by atoms with van der Waals surface area (Å²) >= 11 is 0. The van der Waals surface area contributed by atoms with Crippen LogP contribution >= 0.6 is 0 Å². The molecule has 12 heteroatoms. The highest BCUT2D eigenvalue weighted by Gasteiger charge is 2.33. The fraction of sp³-hybridized carbons (Fsp3) is 0.483. The predicted octanol–water partition coefficient (Wildman–Crippen LogP) is 4.06. The molecule has 0 radical (unpaired) electrons. The number of nitrogens with zero attached hydrogens (tertiary/aromatic N) is 6. The fourth-order valence-electron chi connectivity index (χ4n) is 6.10. The van der Waals surface area contributed by atoms with Gasteiger partial charge in [0.15, 0.2) is 11.5 Å². The van der Waals surface area contributed by atoms with E-state index in [9.17, 15) is 13.2 Å². The number of hydrogen-bond acceptors (Lipinski definition) is 7. The first-order valence-electron chi connectivity index (χ1n) is 14.1. The minimum absolute atomic E-state index is 0.225. The summed E-state index contributed by atoms with van der Waals surface area (Å²) in [5.74, 6) is 0.765. The van der Waals surface area contributed by atoms with Gasteiger partial charge in [-0.25, -0.2) is 9.50 Å². The van der Waals surface area contributed by atoms with Crippen LogP contribution in [0.25, 0.3) is 16.9 Å². The lowest BCUT2D eigenvalue weighted by Crippen LogP contribution is -2.53. The zero-order chi connectivity index (χ0) is 28.7. The van der Waals surface area contributed by atoms with Crippen molar-refractivity contribution in [1.82, 2.24) is 35.0 Å². The molecule has 2 unspecified atom stereocenters. The first-order chi connectivity index (χ1) is 19.7. The quantitative estimate of drug-likeness (QED) is 0.363. The molecule has 3 aromatic heterocycles. The highest BCUT2D eigenvalue weighted by Crippen LogP contribution is 2.35. The number of aromatic nitrogens is 5. The molecule has 2 aliphatic heterocycles. The van der Waals surface area contributed by atoms with Gasteiger partial charge in [0.25, 0.3) is 0 Å². The molecule has 41 heavy (non-hydrogen) atoms. The lowest BCUT2D eigenvalue weighted by Gasteiger charge is -2.35. The van der Waals surface area contributed by atoms with E-state index in [0.29, 0.717) is 56.1 Å². The topological polar surface area (TPSA) is 86.6 Å². The Morgan fingerprint density at radius 1 is 1.07 bits per heavy atom. The molecular formula is C29H35F3N8O. The number of morpholine rings is 1. The highest BCUT2D eigenvalue weighted by atomic mass is 19.4. The Bertz CT molecular complexity index is 1500. The van der Waals surface area contributed by atoms with Crippen LogP contribution < -0.4 is 10.2 Å². The molecule has 218 valence electrons. The second-order valence-corrected chi connectivity index (χ2v) is 11.2. The van der Waals surface area contributed by atoms with Crippen LogP contribution in [0.15, 0.2) is 36.5 Å². The lowest BCUT2D eigenvalue weighted by molar-refractivity contribution is -0.138. The second-order valence-electron chi connectivity index (χ2n) is 11.2. The molecule has 9 nitrogen and oxygen atoms in total. The summed E-state index contributed by atoms with van der Waals surface area (Å²) < 4.78 is 48.9. The number of nitrogens with one attached hydrogen (secondary N) is 2. The van der Waals surface area contributed by atoms with Gasteiger partial charge < -0.3 is 15.0 Å². The summed E-state index contributed by atoms with van der Waals surface area (Å²) in [6, 6.07) is 8.93. The molecule has 4 aromatic rings. The van der Waals surface area contributed by atoms with Crippen molar-refractivity contribution >= 4 is 11.5 Å². The summed E-state index contributed by atoms with van der Waals surface area (Å²) in [4.78, 5) is 9.65. The fourth-order valence-corrected chi connectivity index (χ4v) is 6.10. The van der Waals surface area contributed by atoms with Crippen LogP contribution in [0.1, 0.15) is 41.9 Å². The number of ether oxygens (including phenoxy) is 1. The minimum Gasteiger partial charge on any atom is -0.378 e. The Morgan fingerprint density at radius 2 is 1.83 bits per heavy atom. The average molecular weight is 569 g/mol. The molecule has 0 aliphatic carbocycles. The smallest absolute Gasteiger partial charge is 0.378 e. The second kappa shape index (κ2) is 11.1. The number of H-pyrrole nitrogens is 1. The molecule has 0 bridgehead atoms. The molecule has 5 heterocycles. The van der Waals surface area contributed by atoms with Crippen molar-refractivity contribution < 1.29 is 17.9 Å². The van der Waals surface area contributed by atoms with Crippen molar-refractivity contribution in [3.63, 3.8) is 0 Å². The molecule has 0 saturated carbocycles. The molecule has 2 aliphatic rings. The predicted molar refractivity (Wildman–Crippen MR) is 150 cm³/mol. The van der Waals surface area contributed by atoms with Gasteiger partial charge in [-0.05, 0) is 50.1 Å². The standard InChI is InChI=1S/C29H35F3N8O/c1-18-15-38(16-19(2)34-18)17-25-26(13-21-5-4-6-23(20(21)3)29(30,31)32)40-28(35-25)22(24-7-8-33-36-24)14-27(37-40)39-9-11-41-12-10-39/h4-8,14,18-19,34H,9-13,15-17H2,1-3H3,(H,33,36). The number of imidazole rings is 1. The zero-order valence-corrected chi connectivity index (χ0v) is 23.5. The van der Waals surface area contributed by atoms with Gasteiger partial charge in [-0.2, -0.15) is 18.3 Å². The number of fused-ring (bicyclic) bond motifs is 1. The van der Waals surface area contributed by atoms with Gasteiger partial charge in [0.05, 0.1) is 35.9 Å². The SMILES string of the molecule is Cc1c(Cc2c(CN3CC(C)NC(C)C3)nc3c(-c4ccn[nH]4)cc(N4CCOCC4)nn23)cccc1C(F)(F)F. The molecule has 2 saturated heterocycles. The Kier molecular flexibility index (Phi) is 7.47. The van der Waals surface area contributed by atoms with Gasteiger partial charge >= 0.3 is 6.18 Å². The Morgan fingerprint density at radius 3 is 2.51 bits per heavy atom. The normalized spacial score (nSPS) is 20.7. The van der Waals surface area contributed by atoms with Gasteiger partial charge in [-0.3, -0.25) is 10.00 Å². The van der Waals surface area contributed by atoms with Crippen LogP contribution in [0.2, 0.25) is 0 Å². The number of aromatic amines is 1. The largest absolute Gasteiger partial charge is 0.416 e. The molecule has 2 N–H and O–H groups in total. The molecule has 0 amide bonds. The van der Waals surface area contributed by atoms with Gasteiger partial charge in [-0.15, -0.1) is 5.10 Å². The number of rotatable bonds is 6. The van der Waals surface area contributed by atoms with E-state index in [0.717, 1.165) is 47.6 Å². The minimum atomic E-state index is -4.43. The Balaban J connectivity index is 1.52. The lowest BCUT2D eigenvalue weighted by atomic mass is 9.97. The molecular weight excluding hydrogens is 533 g/mol. The maximum absolute atomic E-state index is 13.8. The van der Waals surface area contributed by atoms with E-state index in [1.165, 1.54) is 6.07 Å². The molecule has 6 rings (SSSR count).